The molecule has 1 aromatic heterocycles. The normalized spacial score (nSPS) is 25.7. The fraction of sp³-hybridized carbons (Fsp3) is 0.656. The average molecular weight is 567 g/mol. The highest BCUT2D eigenvalue weighted by Gasteiger charge is 2.32. The summed E-state index contributed by atoms with van der Waals surface area (Å²) in [7, 11) is 3.30. The fourth-order valence-corrected chi connectivity index (χ4v) is 6.36. The predicted molar refractivity (Wildman–Crippen MR) is 156 cm³/mol. The molecule has 1 aromatic carbocycles. The minimum atomic E-state index is -0.0444. The van der Waals surface area contributed by atoms with Crippen molar-refractivity contribution in [3.8, 4) is 6.01 Å². The van der Waals surface area contributed by atoms with Crippen molar-refractivity contribution in [1.82, 2.24) is 20.2 Å². The second kappa shape index (κ2) is 14.1. The van der Waals surface area contributed by atoms with Crippen molar-refractivity contribution in [2.45, 2.75) is 95.6 Å². The van der Waals surface area contributed by atoms with Crippen LogP contribution in [0, 0.1) is 13.8 Å². The molecule has 4 atom stereocenters. The van der Waals surface area contributed by atoms with E-state index in [4.69, 9.17) is 18.9 Å². The molecule has 4 heterocycles. The molecular formula is C32H46N4O5. The number of carbonyl (C=O) groups excluding carboxylic acids is 1. The molecule has 41 heavy (non-hydrogen) atoms. The first-order valence-corrected chi connectivity index (χ1v) is 15.2. The number of methoxy groups -OCH3 is 2. The SMILES string of the molecule is COc1nc(CC[C@H]2CCC[C@@H](c3ccc(C)cc3)O2)c(C)c(C(=O)N2CCC(N[C@H]3CCOC[C@H]3OC)CC2)n1. The molecule has 3 fully saturated rings. The smallest absolute Gasteiger partial charge is 0.317 e. The van der Waals surface area contributed by atoms with Gasteiger partial charge in [0, 0.05) is 44.5 Å². The first-order valence-electron chi connectivity index (χ1n) is 15.2. The van der Waals surface area contributed by atoms with Gasteiger partial charge in [0.05, 0.1) is 37.7 Å². The number of nitrogens with zero attached hydrogens (tertiary/aromatic N) is 3. The van der Waals surface area contributed by atoms with Gasteiger partial charge in [0.25, 0.3) is 5.91 Å². The quantitative estimate of drug-likeness (QED) is 0.479. The number of piperidine rings is 1. The lowest BCUT2D eigenvalue weighted by Gasteiger charge is -2.38. The molecule has 3 saturated heterocycles. The van der Waals surface area contributed by atoms with Gasteiger partial charge in [-0.3, -0.25) is 4.79 Å². The largest absolute Gasteiger partial charge is 0.467 e. The zero-order chi connectivity index (χ0) is 28.8. The van der Waals surface area contributed by atoms with Gasteiger partial charge in [0.15, 0.2) is 0 Å². The highest BCUT2D eigenvalue weighted by Crippen LogP contribution is 2.33. The molecule has 1 N–H and O–H groups in total. The predicted octanol–water partition coefficient (Wildman–Crippen LogP) is 4.34. The molecule has 9 nitrogen and oxygen atoms in total. The number of benzene rings is 1. The molecule has 224 valence electrons. The van der Waals surface area contributed by atoms with Gasteiger partial charge in [-0.15, -0.1) is 0 Å². The molecular weight excluding hydrogens is 520 g/mol. The summed E-state index contributed by atoms with van der Waals surface area (Å²) in [4.78, 5) is 24.7. The molecule has 0 unspecified atom stereocenters. The lowest BCUT2D eigenvalue weighted by atomic mass is 9.95. The number of likely N-dealkylation sites (tertiary alicyclic amines) is 1. The Hall–Kier alpha value is -2.59. The number of amides is 1. The van der Waals surface area contributed by atoms with Crippen molar-refractivity contribution in [1.29, 1.82) is 0 Å². The number of hydrogen-bond donors (Lipinski definition) is 1. The van der Waals surface area contributed by atoms with Gasteiger partial charge in [0.1, 0.15) is 5.69 Å². The number of ether oxygens (including phenoxy) is 4. The van der Waals surface area contributed by atoms with E-state index in [0.29, 0.717) is 37.9 Å². The van der Waals surface area contributed by atoms with E-state index in [0.717, 1.165) is 62.8 Å². The van der Waals surface area contributed by atoms with E-state index in [1.54, 1.807) is 14.2 Å². The number of aryl methyl sites for hydroxylation is 2. The first kappa shape index (κ1) is 29.9. The van der Waals surface area contributed by atoms with E-state index in [-0.39, 0.29) is 36.3 Å². The molecule has 9 heteroatoms. The number of nitrogens with one attached hydrogen (secondary N) is 1. The molecule has 5 rings (SSSR count). The first-order chi connectivity index (χ1) is 19.9. The van der Waals surface area contributed by atoms with Crippen LogP contribution in [0.15, 0.2) is 24.3 Å². The van der Waals surface area contributed by atoms with Gasteiger partial charge in [0.2, 0.25) is 0 Å². The van der Waals surface area contributed by atoms with E-state index >= 15 is 0 Å². The van der Waals surface area contributed by atoms with Gasteiger partial charge in [-0.2, -0.15) is 9.97 Å². The summed E-state index contributed by atoms with van der Waals surface area (Å²) in [5.41, 5.74) is 4.66. The number of hydrogen-bond acceptors (Lipinski definition) is 8. The van der Waals surface area contributed by atoms with Crippen molar-refractivity contribution < 1.29 is 23.7 Å². The number of carbonyl (C=O) groups is 1. The van der Waals surface area contributed by atoms with Crippen LogP contribution in [0.5, 0.6) is 6.01 Å². The summed E-state index contributed by atoms with van der Waals surface area (Å²) in [5.74, 6) is -0.0444. The van der Waals surface area contributed by atoms with Crippen LogP contribution in [0.1, 0.15) is 83.9 Å². The fourth-order valence-electron chi connectivity index (χ4n) is 6.36. The summed E-state index contributed by atoms with van der Waals surface area (Å²) < 4.78 is 23.1. The summed E-state index contributed by atoms with van der Waals surface area (Å²) in [6.07, 6.45) is 7.91. The Labute approximate surface area is 244 Å². The monoisotopic (exact) mass is 566 g/mol. The Balaban J connectivity index is 1.19. The van der Waals surface area contributed by atoms with Crippen molar-refractivity contribution in [3.63, 3.8) is 0 Å². The van der Waals surface area contributed by atoms with Gasteiger partial charge in [-0.25, -0.2) is 0 Å². The number of rotatable bonds is 9. The van der Waals surface area contributed by atoms with Crippen molar-refractivity contribution in [2.24, 2.45) is 0 Å². The van der Waals surface area contributed by atoms with Crippen molar-refractivity contribution in [3.05, 3.63) is 52.3 Å². The Morgan fingerprint density at radius 2 is 1.83 bits per heavy atom. The second-order valence-electron chi connectivity index (χ2n) is 11.7. The standard InChI is InChI=1S/C32H46N4O5/c1-21-8-10-23(11-9-21)28-7-5-6-25(41-28)12-13-26-22(2)30(35-32(34-26)39-4)31(37)36-17-14-24(15-18-36)33-27-16-19-40-20-29(27)38-3/h8-11,24-25,27-29,33H,5-7,12-20H2,1-4H3/t25-,27+,28+,29-/m1/s1. The molecule has 0 saturated carbocycles. The van der Waals surface area contributed by atoms with Crippen LogP contribution < -0.4 is 10.1 Å². The van der Waals surface area contributed by atoms with Gasteiger partial charge >= 0.3 is 6.01 Å². The lowest BCUT2D eigenvalue weighted by molar-refractivity contribution is -0.0547. The van der Waals surface area contributed by atoms with Gasteiger partial charge in [-0.1, -0.05) is 29.8 Å². The van der Waals surface area contributed by atoms with E-state index in [9.17, 15) is 4.79 Å². The Morgan fingerprint density at radius 3 is 2.56 bits per heavy atom. The minimum Gasteiger partial charge on any atom is -0.467 e. The third-order valence-electron chi connectivity index (χ3n) is 8.95. The maximum Gasteiger partial charge on any atom is 0.317 e. The topological polar surface area (TPSA) is 95.0 Å². The molecule has 0 aliphatic carbocycles. The Kier molecular flexibility index (Phi) is 10.2. The molecule has 0 bridgehead atoms. The van der Waals surface area contributed by atoms with E-state index in [1.165, 1.54) is 11.1 Å². The van der Waals surface area contributed by atoms with Crippen LogP contribution in [0.2, 0.25) is 0 Å². The summed E-state index contributed by atoms with van der Waals surface area (Å²) in [6.45, 7) is 6.83. The molecule has 0 radical (unpaired) electrons. The van der Waals surface area contributed by atoms with E-state index < -0.39 is 0 Å². The third-order valence-corrected chi connectivity index (χ3v) is 8.95. The zero-order valence-corrected chi connectivity index (χ0v) is 25.1. The summed E-state index contributed by atoms with van der Waals surface area (Å²) in [6, 6.07) is 9.56. The van der Waals surface area contributed by atoms with Gasteiger partial charge in [-0.05, 0) is 70.8 Å². The second-order valence-corrected chi connectivity index (χ2v) is 11.7. The molecule has 3 aliphatic rings. The average Bonchev–Trinajstić information content (AvgIpc) is 3.01. The van der Waals surface area contributed by atoms with E-state index in [2.05, 4.69) is 46.5 Å². The Morgan fingerprint density at radius 1 is 1.05 bits per heavy atom. The van der Waals surface area contributed by atoms with Crippen LogP contribution in [-0.2, 0) is 20.6 Å². The maximum atomic E-state index is 13.7. The van der Waals surface area contributed by atoms with Crippen LogP contribution in [0.25, 0.3) is 0 Å². The summed E-state index contributed by atoms with van der Waals surface area (Å²) in [5, 5.41) is 3.76. The molecule has 0 spiro atoms. The summed E-state index contributed by atoms with van der Waals surface area (Å²) >= 11 is 0. The number of aromatic nitrogens is 2. The van der Waals surface area contributed by atoms with Crippen LogP contribution >= 0.6 is 0 Å². The third kappa shape index (κ3) is 7.44. The zero-order valence-electron chi connectivity index (χ0n) is 25.1. The van der Waals surface area contributed by atoms with Crippen LogP contribution in [0.3, 0.4) is 0 Å². The van der Waals surface area contributed by atoms with Crippen molar-refractivity contribution >= 4 is 5.91 Å². The van der Waals surface area contributed by atoms with E-state index in [1.807, 2.05) is 11.8 Å². The van der Waals surface area contributed by atoms with Crippen LogP contribution in [0.4, 0.5) is 0 Å². The van der Waals surface area contributed by atoms with Crippen LogP contribution in [-0.4, -0.2) is 85.6 Å². The van der Waals surface area contributed by atoms with Crippen molar-refractivity contribution in [2.75, 3.05) is 40.5 Å². The Bertz CT molecular complexity index is 1150. The lowest BCUT2D eigenvalue weighted by Crippen LogP contribution is -2.54. The maximum absolute atomic E-state index is 13.7. The minimum absolute atomic E-state index is 0.0444. The molecule has 1 amide bonds. The highest BCUT2D eigenvalue weighted by molar-refractivity contribution is 5.94. The highest BCUT2D eigenvalue weighted by atomic mass is 16.5. The molecule has 3 aliphatic heterocycles. The van der Waals surface area contributed by atoms with Gasteiger partial charge < -0.3 is 29.2 Å². The molecule has 2 aromatic rings.